The van der Waals surface area contributed by atoms with E-state index in [-0.39, 0.29) is 0 Å². The lowest BCUT2D eigenvalue weighted by atomic mass is 10.0. The Morgan fingerprint density at radius 1 is 0.370 bits per heavy atom. The molecule has 11 aromatic rings. The van der Waals surface area contributed by atoms with E-state index >= 15 is 0 Å². The molecule has 0 N–H and O–H groups in total. The van der Waals surface area contributed by atoms with Crippen LogP contribution in [0.25, 0.3) is 105 Å². The van der Waals surface area contributed by atoms with Crippen molar-refractivity contribution in [2.45, 2.75) is 0 Å². The van der Waals surface area contributed by atoms with E-state index in [9.17, 15) is 0 Å². The molecular formula is C49H30N4O. The quantitative estimate of drug-likeness (QED) is 0.180. The molecule has 0 spiro atoms. The van der Waals surface area contributed by atoms with E-state index in [4.69, 9.17) is 19.4 Å². The zero-order chi connectivity index (χ0) is 35.6. The zero-order valence-corrected chi connectivity index (χ0v) is 29.0. The number of aromatic nitrogens is 4. The predicted molar refractivity (Wildman–Crippen MR) is 221 cm³/mol. The minimum Gasteiger partial charge on any atom is -0.455 e. The highest BCUT2D eigenvalue weighted by molar-refractivity contribution is 6.22. The van der Waals surface area contributed by atoms with Crippen LogP contribution in [0, 0.1) is 0 Å². The number of para-hydroxylation sites is 1. The second-order valence-electron chi connectivity index (χ2n) is 13.6. The van der Waals surface area contributed by atoms with E-state index in [1.165, 1.54) is 21.9 Å². The van der Waals surface area contributed by atoms with Gasteiger partial charge in [-0.25, -0.2) is 15.0 Å². The van der Waals surface area contributed by atoms with Gasteiger partial charge >= 0.3 is 0 Å². The van der Waals surface area contributed by atoms with Gasteiger partial charge in [0.25, 0.3) is 0 Å². The van der Waals surface area contributed by atoms with Crippen LogP contribution >= 0.6 is 0 Å². The van der Waals surface area contributed by atoms with Gasteiger partial charge in [-0.15, -0.1) is 0 Å². The van der Waals surface area contributed by atoms with Crippen molar-refractivity contribution in [3.8, 4) is 51.0 Å². The first-order valence-electron chi connectivity index (χ1n) is 18.1. The molecule has 8 aromatic carbocycles. The third-order valence-corrected chi connectivity index (χ3v) is 10.4. The van der Waals surface area contributed by atoms with Crippen LogP contribution in [0.1, 0.15) is 0 Å². The third-order valence-electron chi connectivity index (χ3n) is 10.4. The molecule has 252 valence electrons. The van der Waals surface area contributed by atoms with Crippen molar-refractivity contribution in [2.75, 3.05) is 0 Å². The Balaban J connectivity index is 1.21. The minimum absolute atomic E-state index is 0.594. The summed E-state index contributed by atoms with van der Waals surface area (Å²) in [7, 11) is 0. The second kappa shape index (κ2) is 12.1. The number of fused-ring (bicyclic) bond motifs is 8. The summed E-state index contributed by atoms with van der Waals surface area (Å²) in [5.41, 5.74) is 10.1. The lowest BCUT2D eigenvalue weighted by molar-refractivity contribution is 0.672. The van der Waals surface area contributed by atoms with Crippen molar-refractivity contribution in [3.05, 3.63) is 182 Å². The molecule has 54 heavy (non-hydrogen) atoms. The number of nitrogens with zero attached hydrogens (tertiary/aromatic N) is 4. The summed E-state index contributed by atoms with van der Waals surface area (Å²) in [5.74, 6) is 1.84. The molecule has 0 atom stereocenters. The molecule has 0 saturated heterocycles. The number of furan rings is 1. The van der Waals surface area contributed by atoms with E-state index in [1.807, 2.05) is 72.8 Å². The topological polar surface area (TPSA) is 56.7 Å². The first kappa shape index (κ1) is 30.3. The normalized spacial score (nSPS) is 11.7. The third kappa shape index (κ3) is 4.76. The van der Waals surface area contributed by atoms with Gasteiger partial charge in [0.05, 0.1) is 16.7 Å². The molecule has 5 heteroatoms. The molecular weight excluding hydrogens is 661 g/mol. The fourth-order valence-electron chi connectivity index (χ4n) is 7.97. The maximum absolute atomic E-state index is 6.79. The van der Waals surface area contributed by atoms with Gasteiger partial charge in [-0.1, -0.05) is 152 Å². The van der Waals surface area contributed by atoms with Crippen LogP contribution in [0.15, 0.2) is 186 Å². The summed E-state index contributed by atoms with van der Waals surface area (Å²) in [4.78, 5) is 15.2. The molecule has 0 bridgehead atoms. The maximum Gasteiger partial charge on any atom is 0.164 e. The van der Waals surface area contributed by atoms with Crippen LogP contribution in [-0.4, -0.2) is 19.5 Å². The molecule has 0 saturated carbocycles. The van der Waals surface area contributed by atoms with Crippen LogP contribution in [0.5, 0.6) is 0 Å². The largest absolute Gasteiger partial charge is 0.455 e. The first-order valence-corrected chi connectivity index (χ1v) is 18.1. The molecule has 0 unspecified atom stereocenters. The molecule has 0 amide bonds. The van der Waals surface area contributed by atoms with Crippen molar-refractivity contribution < 1.29 is 4.42 Å². The molecule has 5 nitrogen and oxygen atoms in total. The SMILES string of the molecule is c1ccc(-c2ccc3c(c2)c2ccccc2n3-c2cc3c(oc4cccc(-c5nc(-c6ccccc6)nc(-c6ccccc6)n5)c43)c3ccccc23)cc1. The highest BCUT2D eigenvalue weighted by Crippen LogP contribution is 2.43. The number of hydrogen-bond acceptors (Lipinski definition) is 4. The van der Waals surface area contributed by atoms with Crippen molar-refractivity contribution in [3.63, 3.8) is 0 Å². The van der Waals surface area contributed by atoms with Gasteiger partial charge in [-0.05, 0) is 41.5 Å². The number of rotatable bonds is 5. The molecule has 3 aromatic heterocycles. The van der Waals surface area contributed by atoms with Crippen LogP contribution in [-0.2, 0) is 0 Å². The Morgan fingerprint density at radius 3 is 1.65 bits per heavy atom. The van der Waals surface area contributed by atoms with Gasteiger partial charge < -0.3 is 8.98 Å². The summed E-state index contributed by atoms with van der Waals surface area (Å²) in [5, 5.41) is 6.54. The van der Waals surface area contributed by atoms with Gasteiger partial charge in [-0.3, -0.25) is 0 Å². The van der Waals surface area contributed by atoms with Gasteiger partial charge in [0.1, 0.15) is 11.2 Å². The Kier molecular flexibility index (Phi) is 6.79. The fraction of sp³-hybridized carbons (Fsp3) is 0. The average molecular weight is 691 g/mol. The van der Waals surface area contributed by atoms with Gasteiger partial charge in [0.15, 0.2) is 17.5 Å². The van der Waals surface area contributed by atoms with Gasteiger partial charge in [0, 0.05) is 49.0 Å². The molecule has 0 fully saturated rings. The van der Waals surface area contributed by atoms with E-state index < -0.39 is 0 Å². The van der Waals surface area contributed by atoms with Gasteiger partial charge in [-0.2, -0.15) is 0 Å². The lowest BCUT2D eigenvalue weighted by Crippen LogP contribution is -2.00. The Labute approximate surface area is 310 Å². The summed E-state index contributed by atoms with van der Waals surface area (Å²) < 4.78 is 9.20. The smallest absolute Gasteiger partial charge is 0.164 e. The van der Waals surface area contributed by atoms with Crippen LogP contribution < -0.4 is 0 Å². The first-order chi connectivity index (χ1) is 26.8. The fourth-order valence-corrected chi connectivity index (χ4v) is 7.97. The van der Waals surface area contributed by atoms with Crippen LogP contribution in [0.2, 0.25) is 0 Å². The van der Waals surface area contributed by atoms with E-state index in [0.717, 1.165) is 66.1 Å². The van der Waals surface area contributed by atoms with E-state index in [2.05, 4.69) is 114 Å². The molecule has 11 rings (SSSR count). The Hall–Kier alpha value is -7.37. The molecule has 0 aliphatic heterocycles. The Bertz CT molecular complexity index is 3140. The standard InChI is InChI=1S/C49H30N4O/c1-4-15-31(16-5-1)34-27-28-42-39(29-34)36-22-12-13-25-41(36)53(42)43-30-40-45-38(24-14-26-44(45)54-46(40)37-23-11-10-21-35(37)43)49-51-47(32-17-6-2-7-18-32)50-48(52-49)33-19-8-3-9-20-33/h1-30H. The maximum atomic E-state index is 6.79. The van der Waals surface area contributed by atoms with Crippen molar-refractivity contribution in [1.29, 1.82) is 0 Å². The van der Waals surface area contributed by atoms with E-state index in [0.29, 0.717) is 17.5 Å². The van der Waals surface area contributed by atoms with Gasteiger partial charge in [0.2, 0.25) is 0 Å². The summed E-state index contributed by atoms with van der Waals surface area (Å²) in [6, 6.07) is 63.3. The van der Waals surface area contributed by atoms with Crippen molar-refractivity contribution >= 4 is 54.5 Å². The average Bonchev–Trinajstić information content (AvgIpc) is 3.80. The van der Waals surface area contributed by atoms with E-state index in [1.54, 1.807) is 0 Å². The molecule has 0 aliphatic carbocycles. The van der Waals surface area contributed by atoms with Crippen LogP contribution in [0.4, 0.5) is 0 Å². The summed E-state index contributed by atoms with van der Waals surface area (Å²) in [6.07, 6.45) is 0. The van der Waals surface area contributed by atoms with Crippen molar-refractivity contribution in [2.24, 2.45) is 0 Å². The summed E-state index contributed by atoms with van der Waals surface area (Å²) >= 11 is 0. The predicted octanol–water partition coefficient (Wildman–Crippen LogP) is 12.7. The second-order valence-corrected chi connectivity index (χ2v) is 13.6. The highest BCUT2D eigenvalue weighted by Gasteiger charge is 2.22. The summed E-state index contributed by atoms with van der Waals surface area (Å²) in [6.45, 7) is 0. The number of hydrogen-bond donors (Lipinski definition) is 0. The Morgan fingerprint density at radius 2 is 0.944 bits per heavy atom. The zero-order valence-electron chi connectivity index (χ0n) is 29.0. The highest BCUT2D eigenvalue weighted by atomic mass is 16.3. The molecule has 3 heterocycles. The minimum atomic E-state index is 0.594. The van der Waals surface area contributed by atoms with Crippen molar-refractivity contribution in [1.82, 2.24) is 19.5 Å². The van der Waals surface area contributed by atoms with Crippen LogP contribution in [0.3, 0.4) is 0 Å². The molecule has 0 aliphatic rings. The lowest BCUT2D eigenvalue weighted by Gasteiger charge is -2.13. The molecule has 0 radical (unpaired) electrons. The monoisotopic (exact) mass is 690 g/mol. The number of benzene rings is 8.